The molecule has 1 heteroatoms. The van der Waals surface area contributed by atoms with Crippen LogP contribution in [-0.4, -0.2) is 24.5 Å². The maximum Gasteiger partial charge on any atom is 0.0165 e. The Hall–Kier alpha value is -0.300. The Morgan fingerprint density at radius 3 is 2.50 bits per heavy atom. The van der Waals surface area contributed by atoms with Gasteiger partial charge in [0.05, 0.1) is 0 Å². The molecule has 0 spiro atoms. The molecule has 1 heterocycles. The number of likely N-dealkylation sites (tertiary alicyclic amines) is 1. The maximum atomic E-state index is 2.56. The quantitative estimate of drug-likeness (QED) is 0.584. The number of nitrogens with zero attached hydrogens (tertiary/aromatic N) is 1. The Morgan fingerprint density at radius 1 is 1.25 bits per heavy atom. The molecule has 12 heavy (non-hydrogen) atoms. The van der Waals surface area contributed by atoms with E-state index in [1.54, 1.807) is 0 Å². The van der Waals surface area contributed by atoms with Gasteiger partial charge in [-0.05, 0) is 39.3 Å². The van der Waals surface area contributed by atoms with E-state index in [-0.39, 0.29) is 0 Å². The second-order valence-electron chi connectivity index (χ2n) is 3.77. The Labute approximate surface area is 76.5 Å². The van der Waals surface area contributed by atoms with Gasteiger partial charge >= 0.3 is 0 Å². The van der Waals surface area contributed by atoms with Gasteiger partial charge in [-0.1, -0.05) is 25.0 Å². The summed E-state index contributed by atoms with van der Waals surface area (Å²) >= 11 is 0. The highest BCUT2D eigenvalue weighted by atomic mass is 15.1. The molecular weight excluding hydrogens is 146 g/mol. The Bertz CT molecular complexity index is 143. The standard InChI is InChI=1S/C11H21N/c1-3-11(2)7-10-12-8-5-4-6-9-12/h7H,3-6,8-10H2,1-2H3/b11-7+. The summed E-state index contributed by atoms with van der Waals surface area (Å²) in [4.78, 5) is 2.56. The fourth-order valence-electron chi connectivity index (χ4n) is 1.57. The molecule has 0 aromatic heterocycles. The van der Waals surface area contributed by atoms with Crippen molar-refractivity contribution in [3.63, 3.8) is 0 Å². The average molecular weight is 167 g/mol. The summed E-state index contributed by atoms with van der Waals surface area (Å²) in [7, 11) is 0. The van der Waals surface area contributed by atoms with Crippen LogP contribution in [0.25, 0.3) is 0 Å². The van der Waals surface area contributed by atoms with Crippen molar-refractivity contribution >= 4 is 0 Å². The first-order valence-electron chi connectivity index (χ1n) is 5.21. The van der Waals surface area contributed by atoms with Gasteiger partial charge in [0, 0.05) is 6.54 Å². The van der Waals surface area contributed by atoms with E-state index in [1.807, 2.05) is 0 Å². The van der Waals surface area contributed by atoms with E-state index in [0.29, 0.717) is 0 Å². The zero-order valence-electron chi connectivity index (χ0n) is 8.47. The molecule has 0 unspecified atom stereocenters. The van der Waals surface area contributed by atoms with Crippen LogP contribution >= 0.6 is 0 Å². The third-order valence-electron chi connectivity index (χ3n) is 2.70. The summed E-state index contributed by atoms with van der Waals surface area (Å²) in [5, 5.41) is 0. The summed E-state index contributed by atoms with van der Waals surface area (Å²) in [5.41, 5.74) is 1.53. The second-order valence-corrected chi connectivity index (χ2v) is 3.77. The molecule has 0 aromatic rings. The average Bonchev–Trinajstić information content (AvgIpc) is 2.16. The van der Waals surface area contributed by atoms with Crippen molar-refractivity contribution in [1.82, 2.24) is 4.90 Å². The Balaban J connectivity index is 2.21. The van der Waals surface area contributed by atoms with Crippen molar-refractivity contribution in [1.29, 1.82) is 0 Å². The molecule has 1 aliphatic heterocycles. The molecule has 70 valence electrons. The molecule has 0 aliphatic carbocycles. The Kier molecular flexibility index (Phi) is 4.37. The fraction of sp³-hybridized carbons (Fsp3) is 0.818. The van der Waals surface area contributed by atoms with Gasteiger partial charge in [0.2, 0.25) is 0 Å². The van der Waals surface area contributed by atoms with Crippen molar-refractivity contribution in [3.8, 4) is 0 Å². The van der Waals surface area contributed by atoms with Crippen LogP contribution in [0.4, 0.5) is 0 Å². The number of rotatable bonds is 3. The summed E-state index contributed by atoms with van der Waals surface area (Å²) < 4.78 is 0. The zero-order valence-corrected chi connectivity index (χ0v) is 8.47. The molecule has 0 N–H and O–H groups in total. The van der Waals surface area contributed by atoms with Crippen molar-refractivity contribution in [2.75, 3.05) is 19.6 Å². The van der Waals surface area contributed by atoms with Gasteiger partial charge < -0.3 is 0 Å². The van der Waals surface area contributed by atoms with Gasteiger partial charge in [-0.25, -0.2) is 0 Å². The molecule has 0 bridgehead atoms. The zero-order chi connectivity index (χ0) is 8.81. The van der Waals surface area contributed by atoms with Crippen LogP contribution in [-0.2, 0) is 0 Å². The normalized spacial score (nSPS) is 21.3. The third-order valence-corrected chi connectivity index (χ3v) is 2.70. The lowest BCUT2D eigenvalue weighted by molar-refractivity contribution is 0.251. The van der Waals surface area contributed by atoms with Crippen LogP contribution in [0.5, 0.6) is 0 Å². The van der Waals surface area contributed by atoms with Crippen LogP contribution in [0.3, 0.4) is 0 Å². The highest BCUT2D eigenvalue weighted by molar-refractivity contribution is 4.98. The largest absolute Gasteiger partial charge is 0.300 e. The van der Waals surface area contributed by atoms with Gasteiger partial charge in [0.15, 0.2) is 0 Å². The predicted molar refractivity (Wildman–Crippen MR) is 54.3 cm³/mol. The lowest BCUT2D eigenvalue weighted by atomic mass is 10.1. The molecule has 0 atom stereocenters. The highest BCUT2D eigenvalue weighted by Gasteiger charge is 2.07. The first kappa shape index (κ1) is 9.79. The lowest BCUT2D eigenvalue weighted by Gasteiger charge is -2.25. The number of hydrogen-bond donors (Lipinski definition) is 0. The molecule has 1 nitrogen and oxygen atoms in total. The number of piperidine rings is 1. The van der Waals surface area contributed by atoms with E-state index in [1.165, 1.54) is 50.9 Å². The lowest BCUT2D eigenvalue weighted by Crippen LogP contribution is -2.29. The van der Waals surface area contributed by atoms with E-state index in [2.05, 4.69) is 24.8 Å². The van der Waals surface area contributed by atoms with Crippen LogP contribution in [0, 0.1) is 0 Å². The summed E-state index contributed by atoms with van der Waals surface area (Å²) in [5.74, 6) is 0. The second kappa shape index (κ2) is 5.36. The van der Waals surface area contributed by atoms with Crippen molar-refractivity contribution in [2.24, 2.45) is 0 Å². The monoisotopic (exact) mass is 167 g/mol. The van der Waals surface area contributed by atoms with Crippen LogP contribution in [0.15, 0.2) is 11.6 Å². The highest BCUT2D eigenvalue weighted by Crippen LogP contribution is 2.09. The molecule has 1 fully saturated rings. The van der Waals surface area contributed by atoms with Crippen LogP contribution in [0.1, 0.15) is 39.5 Å². The van der Waals surface area contributed by atoms with Crippen molar-refractivity contribution in [2.45, 2.75) is 39.5 Å². The van der Waals surface area contributed by atoms with E-state index in [9.17, 15) is 0 Å². The van der Waals surface area contributed by atoms with Gasteiger partial charge in [-0.3, -0.25) is 4.90 Å². The van der Waals surface area contributed by atoms with Crippen molar-refractivity contribution < 1.29 is 0 Å². The third kappa shape index (κ3) is 3.40. The molecule has 0 aromatic carbocycles. The van der Waals surface area contributed by atoms with Gasteiger partial charge in [0.25, 0.3) is 0 Å². The topological polar surface area (TPSA) is 3.24 Å². The molecule has 0 amide bonds. The first-order chi connectivity index (χ1) is 5.83. The Morgan fingerprint density at radius 2 is 1.92 bits per heavy atom. The summed E-state index contributed by atoms with van der Waals surface area (Å²) in [6, 6.07) is 0. The summed E-state index contributed by atoms with van der Waals surface area (Å²) in [6.07, 6.45) is 7.82. The van der Waals surface area contributed by atoms with E-state index in [0.717, 1.165) is 0 Å². The van der Waals surface area contributed by atoms with Gasteiger partial charge in [-0.2, -0.15) is 0 Å². The smallest absolute Gasteiger partial charge is 0.0165 e. The molecular formula is C11H21N. The first-order valence-corrected chi connectivity index (χ1v) is 5.21. The molecule has 1 aliphatic rings. The summed E-state index contributed by atoms with van der Waals surface area (Å²) in [6.45, 7) is 8.26. The fourth-order valence-corrected chi connectivity index (χ4v) is 1.57. The molecule has 0 saturated carbocycles. The molecule has 1 rings (SSSR count). The number of allylic oxidation sites excluding steroid dienone is 1. The predicted octanol–water partition coefficient (Wildman–Crippen LogP) is 2.83. The van der Waals surface area contributed by atoms with Crippen LogP contribution in [0.2, 0.25) is 0 Å². The maximum absolute atomic E-state index is 2.56. The van der Waals surface area contributed by atoms with E-state index < -0.39 is 0 Å². The minimum Gasteiger partial charge on any atom is -0.300 e. The van der Waals surface area contributed by atoms with E-state index in [4.69, 9.17) is 0 Å². The van der Waals surface area contributed by atoms with Crippen molar-refractivity contribution in [3.05, 3.63) is 11.6 Å². The number of hydrogen-bond acceptors (Lipinski definition) is 1. The van der Waals surface area contributed by atoms with E-state index >= 15 is 0 Å². The van der Waals surface area contributed by atoms with Gasteiger partial charge in [0.1, 0.15) is 0 Å². The minimum atomic E-state index is 1.18. The molecule has 1 saturated heterocycles. The SMILES string of the molecule is CC/C(C)=C/CN1CCCCC1. The minimum absolute atomic E-state index is 1.18. The molecule has 0 radical (unpaired) electrons. The van der Waals surface area contributed by atoms with Gasteiger partial charge in [-0.15, -0.1) is 0 Å². The van der Waals surface area contributed by atoms with Crippen LogP contribution < -0.4 is 0 Å².